The lowest BCUT2D eigenvalue weighted by atomic mass is 10.1. The molecule has 0 saturated carbocycles. The number of hydrogen-bond acceptors (Lipinski definition) is 7. The highest BCUT2D eigenvalue weighted by atomic mass is 16.7. The SMILES string of the molecule is C=CCOC(=O)OC(C)(C)COCCOC(=O)OC(C)(C)CC=C. The molecule has 0 rings (SSSR count). The van der Waals surface area contributed by atoms with E-state index in [0.717, 1.165) is 0 Å². The lowest BCUT2D eigenvalue weighted by Gasteiger charge is -2.24. The molecule has 0 aromatic heterocycles. The first-order valence-corrected chi connectivity index (χ1v) is 7.63. The maximum atomic E-state index is 11.5. The second-order valence-corrected chi connectivity index (χ2v) is 6.22. The summed E-state index contributed by atoms with van der Waals surface area (Å²) < 4.78 is 25.2. The molecule has 0 bridgehead atoms. The van der Waals surface area contributed by atoms with Gasteiger partial charge in [0.05, 0.1) is 13.2 Å². The highest BCUT2D eigenvalue weighted by molar-refractivity contribution is 5.60. The molecule has 0 aliphatic heterocycles. The molecule has 0 aromatic rings. The summed E-state index contributed by atoms with van der Waals surface area (Å²) in [5.41, 5.74) is -1.54. The van der Waals surface area contributed by atoms with Gasteiger partial charge in [-0.2, -0.15) is 0 Å². The minimum Gasteiger partial charge on any atom is -0.432 e. The summed E-state index contributed by atoms with van der Waals surface area (Å²) in [5, 5.41) is 0. The maximum absolute atomic E-state index is 11.5. The van der Waals surface area contributed by atoms with E-state index < -0.39 is 23.5 Å². The van der Waals surface area contributed by atoms with Crippen molar-refractivity contribution < 1.29 is 33.3 Å². The Hall–Kier alpha value is -2.02. The van der Waals surface area contributed by atoms with Crippen molar-refractivity contribution in [3.8, 4) is 0 Å². The van der Waals surface area contributed by atoms with Gasteiger partial charge in [0.1, 0.15) is 24.4 Å². The van der Waals surface area contributed by atoms with E-state index in [1.54, 1.807) is 33.8 Å². The van der Waals surface area contributed by atoms with Gasteiger partial charge in [0.15, 0.2) is 0 Å². The molecule has 0 aliphatic rings. The predicted octanol–water partition coefficient (Wildman–Crippen LogP) is 3.63. The Labute approximate surface area is 143 Å². The van der Waals surface area contributed by atoms with Crippen LogP contribution in [0.15, 0.2) is 25.3 Å². The number of carbonyl (C=O) groups is 2. The molecular weight excluding hydrogens is 316 g/mol. The molecule has 7 heteroatoms. The largest absolute Gasteiger partial charge is 0.509 e. The van der Waals surface area contributed by atoms with Crippen molar-refractivity contribution in [2.24, 2.45) is 0 Å². The molecule has 0 radical (unpaired) electrons. The quantitative estimate of drug-likeness (QED) is 0.322. The van der Waals surface area contributed by atoms with Crippen LogP contribution in [0.25, 0.3) is 0 Å². The predicted molar refractivity (Wildman–Crippen MR) is 88.9 cm³/mol. The number of hydrogen-bond donors (Lipinski definition) is 0. The summed E-state index contributed by atoms with van der Waals surface area (Å²) in [4.78, 5) is 22.9. The van der Waals surface area contributed by atoms with Gasteiger partial charge in [0.25, 0.3) is 0 Å². The van der Waals surface area contributed by atoms with Gasteiger partial charge < -0.3 is 23.7 Å². The van der Waals surface area contributed by atoms with Crippen LogP contribution < -0.4 is 0 Å². The van der Waals surface area contributed by atoms with E-state index in [1.807, 2.05) is 0 Å². The van der Waals surface area contributed by atoms with Gasteiger partial charge in [-0.15, -0.1) is 6.58 Å². The average Bonchev–Trinajstić information content (AvgIpc) is 2.43. The summed E-state index contributed by atoms with van der Waals surface area (Å²) in [6, 6.07) is 0. The van der Waals surface area contributed by atoms with Crippen molar-refractivity contribution in [1.29, 1.82) is 0 Å². The molecule has 24 heavy (non-hydrogen) atoms. The van der Waals surface area contributed by atoms with Crippen molar-refractivity contribution >= 4 is 12.3 Å². The molecule has 0 amide bonds. The molecule has 0 fully saturated rings. The molecule has 0 aromatic carbocycles. The van der Waals surface area contributed by atoms with Gasteiger partial charge in [-0.1, -0.05) is 18.7 Å². The first kappa shape index (κ1) is 22.0. The van der Waals surface area contributed by atoms with Crippen LogP contribution in [0.1, 0.15) is 34.1 Å². The number of carbonyl (C=O) groups excluding carboxylic acids is 2. The van der Waals surface area contributed by atoms with Crippen LogP contribution in [-0.2, 0) is 23.7 Å². The molecule has 0 atom stereocenters. The van der Waals surface area contributed by atoms with Crippen LogP contribution in [0.4, 0.5) is 9.59 Å². The third kappa shape index (κ3) is 11.5. The van der Waals surface area contributed by atoms with E-state index in [0.29, 0.717) is 6.42 Å². The van der Waals surface area contributed by atoms with E-state index >= 15 is 0 Å². The Morgan fingerprint density at radius 2 is 1.46 bits per heavy atom. The number of ether oxygens (including phenoxy) is 5. The third-order valence-electron chi connectivity index (χ3n) is 2.57. The molecule has 0 heterocycles. The molecule has 0 spiro atoms. The molecule has 0 N–H and O–H groups in total. The summed E-state index contributed by atoms with van der Waals surface area (Å²) >= 11 is 0. The summed E-state index contributed by atoms with van der Waals surface area (Å²) in [6.07, 6.45) is 2.06. The zero-order chi connectivity index (χ0) is 18.6. The molecule has 0 aliphatic carbocycles. The fraction of sp³-hybridized carbons (Fsp3) is 0.647. The second-order valence-electron chi connectivity index (χ2n) is 6.22. The Morgan fingerprint density at radius 1 is 0.875 bits per heavy atom. The van der Waals surface area contributed by atoms with Crippen LogP contribution >= 0.6 is 0 Å². The first-order valence-electron chi connectivity index (χ1n) is 7.63. The normalized spacial score (nSPS) is 11.3. The highest BCUT2D eigenvalue weighted by Gasteiger charge is 2.25. The molecule has 0 unspecified atom stereocenters. The van der Waals surface area contributed by atoms with E-state index in [2.05, 4.69) is 13.2 Å². The van der Waals surface area contributed by atoms with E-state index in [-0.39, 0.29) is 26.4 Å². The molecular formula is C17H28O7. The average molecular weight is 344 g/mol. The van der Waals surface area contributed by atoms with Crippen molar-refractivity contribution in [2.45, 2.75) is 45.3 Å². The van der Waals surface area contributed by atoms with Crippen LogP contribution in [-0.4, -0.2) is 49.9 Å². The van der Waals surface area contributed by atoms with E-state index in [9.17, 15) is 9.59 Å². The zero-order valence-corrected chi connectivity index (χ0v) is 15.0. The minimum absolute atomic E-state index is 0.0278. The van der Waals surface area contributed by atoms with Crippen molar-refractivity contribution in [3.05, 3.63) is 25.3 Å². The lowest BCUT2D eigenvalue weighted by molar-refractivity contribution is -0.0687. The van der Waals surface area contributed by atoms with Crippen LogP contribution in [0.3, 0.4) is 0 Å². The van der Waals surface area contributed by atoms with Gasteiger partial charge >= 0.3 is 12.3 Å². The maximum Gasteiger partial charge on any atom is 0.509 e. The topological polar surface area (TPSA) is 80.3 Å². The van der Waals surface area contributed by atoms with Crippen molar-refractivity contribution in [3.63, 3.8) is 0 Å². The summed E-state index contributed by atoms with van der Waals surface area (Å²) in [6.45, 7) is 14.3. The van der Waals surface area contributed by atoms with E-state index in [1.165, 1.54) is 6.08 Å². The van der Waals surface area contributed by atoms with E-state index in [4.69, 9.17) is 23.7 Å². The standard InChI is InChI=1S/C17H28O7/c1-7-9-16(3,4)23-15(19)22-12-11-20-13-17(5,6)24-14(18)21-10-8-2/h7-8H,1-2,9-13H2,3-6H3. The summed E-state index contributed by atoms with van der Waals surface area (Å²) in [5.74, 6) is 0. The molecule has 138 valence electrons. The third-order valence-corrected chi connectivity index (χ3v) is 2.57. The summed E-state index contributed by atoms with van der Waals surface area (Å²) in [7, 11) is 0. The molecule has 7 nitrogen and oxygen atoms in total. The van der Waals surface area contributed by atoms with Crippen molar-refractivity contribution in [1.82, 2.24) is 0 Å². The van der Waals surface area contributed by atoms with Crippen molar-refractivity contribution in [2.75, 3.05) is 26.4 Å². The van der Waals surface area contributed by atoms with Gasteiger partial charge in [-0.05, 0) is 27.7 Å². The first-order chi connectivity index (χ1) is 11.1. The van der Waals surface area contributed by atoms with Gasteiger partial charge in [0, 0.05) is 6.42 Å². The second kappa shape index (κ2) is 10.7. The van der Waals surface area contributed by atoms with Crippen LogP contribution in [0.2, 0.25) is 0 Å². The molecule has 0 saturated heterocycles. The fourth-order valence-corrected chi connectivity index (χ4v) is 1.56. The van der Waals surface area contributed by atoms with Gasteiger partial charge in [0.2, 0.25) is 0 Å². The fourth-order valence-electron chi connectivity index (χ4n) is 1.56. The minimum atomic E-state index is -0.870. The Kier molecular flexibility index (Phi) is 9.80. The Morgan fingerprint density at radius 3 is 2.04 bits per heavy atom. The lowest BCUT2D eigenvalue weighted by Crippen LogP contribution is -2.34. The monoisotopic (exact) mass is 344 g/mol. The zero-order valence-electron chi connectivity index (χ0n) is 15.0. The van der Waals surface area contributed by atoms with Crippen LogP contribution in [0, 0.1) is 0 Å². The van der Waals surface area contributed by atoms with Gasteiger partial charge in [-0.3, -0.25) is 0 Å². The Balaban J connectivity index is 3.91. The number of rotatable bonds is 11. The highest BCUT2D eigenvalue weighted by Crippen LogP contribution is 2.15. The van der Waals surface area contributed by atoms with Gasteiger partial charge in [-0.25, -0.2) is 9.59 Å². The smallest absolute Gasteiger partial charge is 0.432 e. The Bertz CT molecular complexity index is 427. The van der Waals surface area contributed by atoms with Crippen LogP contribution in [0.5, 0.6) is 0 Å².